The minimum absolute atomic E-state index is 0.0730. The number of hydrogen-bond acceptors (Lipinski definition) is 4. The third-order valence-electron chi connectivity index (χ3n) is 4.67. The van der Waals surface area contributed by atoms with E-state index < -0.39 is 35.2 Å². The van der Waals surface area contributed by atoms with Gasteiger partial charge in [-0.15, -0.1) is 0 Å². The molecule has 0 spiro atoms. The Balaban J connectivity index is 2.28. The standard InChI is InChI=1S/C21H19F2NO4/c1-4-28-21(27)11(2)19-12(3)24(17-10-16(23)18(25)9-15(17)19)20(26)13-6-5-7-14(22)8-13/h5-11,25H,4H2,1-3H3. The minimum Gasteiger partial charge on any atom is -0.505 e. The topological polar surface area (TPSA) is 68.5 Å². The molecule has 1 aromatic heterocycles. The maximum atomic E-state index is 14.1. The Kier molecular flexibility index (Phi) is 5.18. The monoisotopic (exact) mass is 387 g/mol. The van der Waals surface area contributed by atoms with Gasteiger partial charge in [-0.3, -0.25) is 14.2 Å². The number of carbonyl (C=O) groups is 2. The smallest absolute Gasteiger partial charge is 0.313 e. The second-order valence-corrected chi connectivity index (χ2v) is 6.44. The molecule has 0 amide bonds. The first kappa shape index (κ1) is 19.5. The molecule has 7 heteroatoms. The van der Waals surface area contributed by atoms with Gasteiger partial charge < -0.3 is 9.84 Å². The normalized spacial score (nSPS) is 12.2. The number of aromatic hydroxyl groups is 1. The van der Waals surface area contributed by atoms with E-state index in [2.05, 4.69) is 0 Å². The van der Waals surface area contributed by atoms with Crippen LogP contribution in [-0.4, -0.2) is 28.2 Å². The number of fused-ring (bicyclic) bond motifs is 1. The number of ether oxygens (including phenoxy) is 1. The molecule has 0 aliphatic carbocycles. The highest BCUT2D eigenvalue weighted by Crippen LogP contribution is 2.36. The SMILES string of the molecule is CCOC(=O)C(C)c1c(C)n(C(=O)c2cccc(F)c2)c2cc(F)c(O)cc12. The lowest BCUT2D eigenvalue weighted by molar-refractivity contribution is -0.144. The molecule has 0 bridgehead atoms. The molecule has 5 nitrogen and oxygen atoms in total. The molecule has 28 heavy (non-hydrogen) atoms. The van der Waals surface area contributed by atoms with Gasteiger partial charge in [-0.05, 0) is 50.6 Å². The number of aromatic nitrogens is 1. The summed E-state index contributed by atoms with van der Waals surface area (Å²) in [6.45, 7) is 5.08. The van der Waals surface area contributed by atoms with Gasteiger partial charge in [0, 0.05) is 22.7 Å². The van der Waals surface area contributed by atoms with Crippen molar-refractivity contribution < 1.29 is 28.2 Å². The summed E-state index contributed by atoms with van der Waals surface area (Å²) in [4.78, 5) is 25.3. The van der Waals surface area contributed by atoms with Crippen molar-refractivity contribution in [2.45, 2.75) is 26.7 Å². The molecule has 1 atom stereocenters. The van der Waals surface area contributed by atoms with Crippen LogP contribution in [0.3, 0.4) is 0 Å². The highest BCUT2D eigenvalue weighted by molar-refractivity contribution is 6.05. The fraction of sp³-hybridized carbons (Fsp3) is 0.238. The molecule has 146 valence electrons. The summed E-state index contributed by atoms with van der Waals surface area (Å²) >= 11 is 0. The Bertz CT molecular complexity index is 1090. The molecular weight excluding hydrogens is 368 g/mol. The van der Waals surface area contributed by atoms with Crippen molar-refractivity contribution in [1.29, 1.82) is 0 Å². The third kappa shape index (κ3) is 3.24. The molecule has 0 aliphatic heterocycles. The second kappa shape index (κ2) is 7.42. The molecule has 0 saturated heterocycles. The largest absolute Gasteiger partial charge is 0.505 e. The van der Waals surface area contributed by atoms with Gasteiger partial charge >= 0.3 is 5.97 Å². The average molecular weight is 387 g/mol. The number of carbonyl (C=O) groups excluding carboxylic acids is 2. The summed E-state index contributed by atoms with van der Waals surface area (Å²) in [7, 11) is 0. The van der Waals surface area contributed by atoms with E-state index in [0.717, 1.165) is 12.1 Å². The van der Waals surface area contributed by atoms with Crippen LogP contribution in [-0.2, 0) is 9.53 Å². The first-order valence-electron chi connectivity index (χ1n) is 8.76. The third-order valence-corrected chi connectivity index (χ3v) is 4.67. The number of phenolic OH excluding ortho intramolecular Hbond substituents is 1. The maximum Gasteiger partial charge on any atom is 0.313 e. The van der Waals surface area contributed by atoms with Crippen LogP contribution in [0.25, 0.3) is 10.9 Å². The van der Waals surface area contributed by atoms with Gasteiger partial charge in [0.1, 0.15) is 5.82 Å². The van der Waals surface area contributed by atoms with Gasteiger partial charge in [-0.25, -0.2) is 8.78 Å². The van der Waals surface area contributed by atoms with E-state index in [-0.39, 0.29) is 17.7 Å². The fourth-order valence-corrected chi connectivity index (χ4v) is 3.39. The van der Waals surface area contributed by atoms with Crippen LogP contribution in [0, 0.1) is 18.6 Å². The number of benzene rings is 2. The Labute approximate surface area is 160 Å². The van der Waals surface area contributed by atoms with Crippen molar-refractivity contribution in [2.24, 2.45) is 0 Å². The van der Waals surface area contributed by atoms with E-state index in [9.17, 15) is 23.5 Å². The second-order valence-electron chi connectivity index (χ2n) is 6.44. The lowest BCUT2D eigenvalue weighted by atomic mass is 9.98. The Morgan fingerprint density at radius 1 is 1.21 bits per heavy atom. The number of rotatable bonds is 4. The van der Waals surface area contributed by atoms with Gasteiger partial charge in [0.2, 0.25) is 0 Å². The van der Waals surface area contributed by atoms with Crippen molar-refractivity contribution in [3.63, 3.8) is 0 Å². The quantitative estimate of drug-likeness (QED) is 0.678. The van der Waals surface area contributed by atoms with Crippen LogP contribution in [0.5, 0.6) is 5.75 Å². The summed E-state index contributed by atoms with van der Waals surface area (Å²) in [6, 6.07) is 7.34. The zero-order chi connectivity index (χ0) is 20.6. The molecule has 0 radical (unpaired) electrons. The summed E-state index contributed by atoms with van der Waals surface area (Å²) in [5, 5.41) is 10.2. The van der Waals surface area contributed by atoms with Gasteiger partial charge in [0.15, 0.2) is 11.6 Å². The van der Waals surface area contributed by atoms with Crippen LogP contribution in [0.2, 0.25) is 0 Å². The number of phenols is 1. The molecule has 1 heterocycles. The maximum absolute atomic E-state index is 14.1. The molecule has 1 unspecified atom stereocenters. The van der Waals surface area contributed by atoms with Gasteiger partial charge in [-0.2, -0.15) is 0 Å². The lowest BCUT2D eigenvalue weighted by Gasteiger charge is -2.12. The minimum atomic E-state index is -0.909. The van der Waals surface area contributed by atoms with Crippen LogP contribution >= 0.6 is 0 Å². The molecule has 0 saturated carbocycles. The fourth-order valence-electron chi connectivity index (χ4n) is 3.39. The van der Waals surface area contributed by atoms with Crippen molar-refractivity contribution >= 4 is 22.8 Å². The van der Waals surface area contributed by atoms with Gasteiger partial charge in [-0.1, -0.05) is 6.07 Å². The van der Waals surface area contributed by atoms with Gasteiger partial charge in [0.25, 0.3) is 5.91 Å². The highest BCUT2D eigenvalue weighted by atomic mass is 19.1. The van der Waals surface area contributed by atoms with E-state index in [1.807, 2.05) is 0 Å². The van der Waals surface area contributed by atoms with Crippen molar-refractivity contribution in [3.05, 3.63) is 64.9 Å². The number of halogens is 2. The van der Waals surface area contributed by atoms with E-state index >= 15 is 0 Å². The molecule has 0 fully saturated rings. The summed E-state index contributed by atoms with van der Waals surface area (Å²) in [6.07, 6.45) is 0. The van der Waals surface area contributed by atoms with Gasteiger partial charge in [0.05, 0.1) is 18.0 Å². The molecule has 1 N–H and O–H groups in total. The summed E-state index contributed by atoms with van der Waals surface area (Å²) in [5.74, 6) is -3.92. The molecule has 3 rings (SSSR count). The van der Waals surface area contributed by atoms with E-state index in [4.69, 9.17) is 4.74 Å². The summed E-state index contributed by atoms with van der Waals surface area (Å²) in [5.41, 5.74) is 1.07. The van der Waals surface area contributed by atoms with E-state index in [1.54, 1.807) is 20.8 Å². The Hall–Kier alpha value is -3.22. The van der Waals surface area contributed by atoms with Crippen molar-refractivity contribution in [2.75, 3.05) is 6.61 Å². The van der Waals surface area contributed by atoms with Crippen molar-refractivity contribution in [1.82, 2.24) is 4.57 Å². The lowest BCUT2D eigenvalue weighted by Crippen LogP contribution is -2.16. The predicted octanol–water partition coefficient (Wildman–Crippen LogP) is 4.29. The zero-order valence-corrected chi connectivity index (χ0v) is 15.6. The highest BCUT2D eigenvalue weighted by Gasteiger charge is 2.28. The zero-order valence-electron chi connectivity index (χ0n) is 15.6. The molecule has 3 aromatic rings. The Morgan fingerprint density at radius 2 is 1.93 bits per heavy atom. The number of hydrogen-bond donors (Lipinski definition) is 1. The Morgan fingerprint density at radius 3 is 2.57 bits per heavy atom. The number of nitrogens with zero attached hydrogens (tertiary/aromatic N) is 1. The molecule has 2 aromatic carbocycles. The van der Waals surface area contributed by atoms with Crippen LogP contribution < -0.4 is 0 Å². The molecule has 0 aliphatic rings. The van der Waals surface area contributed by atoms with E-state index in [1.165, 1.54) is 28.8 Å². The van der Waals surface area contributed by atoms with Crippen LogP contribution in [0.1, 0.15) is 41.4 Å². The summed E-state index contributed by atoms with van der Waals surface area (Å²) < 4.78 is 33.9. The predicted molar refractivity (Wildman–Crippen MR) is 99.5 cm³/mol. The first-order chi connectivity index (χ1) is 13.3. The van der Waals surface area contributed by atoms with E-state index in [0.29, 0.717) is 16.6 Å². The first-order valence-corrected chi connectivity index (χ1v) is 8.76. The number of esters is 1. The molecular formula is C21H19F2NO4. The van der Waals surface area contributed by atoms with Crippen LogP contribution in [0.15, 0.2) is 36.4 Å². The van der Waals surface area contributed by atoms with Crippen molar-refractivity contribution in [3.8, 4) is 5.75 Å². The van der Waals surface area contributed by atoms with Crippen LogP contribution in [0.4, 0.5) is 8.78 Å². The average Bonchev–Trinajstić information content (AvgIpc) is 2.92.